The van der Waals surface area contributed by atoms with E-state index in [1.807, 2.05) is 0 Å². The summed E-state index contributed by atoms with van der Waals surface area (Å²) in [4.78, 5) is 14.0. The van der Waals surface area contributed by atoms with Gasteiger partial charge < -0.3 is 14.1 Å². The van der Waals surface area contributed by atoms with Gasteiger partial charge in [-0.3, -0.25) is 4.79 Å². The predicted octanol–water partition coefficient (Wildman–Crippen LogP) is 0.593. The van der Waals surface area contributed by atoms with Crippen molar-refractivity contribution in [2.75, 3.05) is 26.0 Å². The zero-order valence-electron chi connectivity index (χ0n) is 12.4. The lowest BCUT2D eigenvalue weighted by molar-refractivity contribution is -0.0763. The third kappa shape index (κ3) is 3.34. The summed E-state index contributed by atoms with van der Waals surface area (Å²) in [7, 11) is -3.24. The van der Waals surface area contributed by atoms with E-state index in [-0.39, 0.29) is 11.9 Å². The van der Waals surface area contributed by atoms with Gasteiger partial charge in [-0.1, -0.05) is 0 Å². The summed E-state index contributed by atoms with van der Waals surface area (Å²) in [5.74, 6) is 0.169. The summed E-state index contributed by atoms with van der Waals surface area (Å²) in [5.41, 5.74) is -0.455. The molecule has 0 bridgehead atoms. The van der Waals surface area contributed by atoms with E-state index < -0.39 is 15.6 Å². The Balaban J connectivity index is 1.66. The van der Waals surface area contributed by atoms with Gasteiger partial charge in [0.15, 0.2) is 5.76 Å². The number of hydrogen-bond acceptors (Lipinski definition) is 5. The SMILES string of the molecule is CS(=O)(=O)N[C@H]1CCO[C@@]2(CCN(C(=O)c3ccco3)C2)C1. The van der Waals surface area contributed by atoms with E-state index in [1.54, 1.807) is 17.0 Å². The van der Waals surface area contributed by atoms with Crippen LogP contribution in [0.1, 0.15) is 29.8 Å². The van der Waals surface area contributed by atoms with Crippen molar-refractivity contribution < 1.29 is 22.4 Å². The average molecular weight is 328 g/mol. The predicted molar refractivity (Wildman–Crippen MR) is 78.9 cm³/mol. The van der Waals surface area contributed by atoms with Crippen LogP contribution in [0.25, 0.3) is 0 Å². The van der Waals surface area contributed by atoms with Crippen molar-refractivity contribution in [3.8, 4) is 0 Å². The van der Waals surface area contributed by atoms with Crippen molar-refractivity contribution in [1.82, 2.24) is 9.62 Å². The van der Waals surface area contributed by atoms with Gasteiger partial charge in [-0.25, -0.2) is 13.1 Å². The van der Waals surface area contributed by atoms with Crippen LogP contribution < -0.4 is 4.72 Å². The normalized spacial score (nSPS) is 29.1. The summed E-state index contributed by atoms with van der Waals surface area (Å²) in [6.07, 6.45) is 4.59. The van der Waals surface area contributed by atoms with E-state index in [0.717, 1.165) is 6.26 Å². The van der Waals surface area contributed by atoms with E-state index >= 15 is 0 Å². The van der Waals surface area contributed by atoms with Crippen molar-refractivity contribution >= 4 is 15.9 Å². The fraction of sp³-hybridized carbons (Fsp3) is 0.643. The maximum atomic E-state index is 12.3. The highest BCUT2D eigenvalue weighted by Gasteiger charge is 2.45. The van der Waals surface area contributed by atoms with Gasteiger partial charge in [0, 0.05) is 19.2 Å². The molecule has 0 aliphatic carbocycles. The molecule has 0 radical (unpaired) electrons. The second-order valence-corrected chi connectivity index (χ2v) is 7.85. The minimum atomic E-state index is -3.24. The zero-order valence-corrected chi connectivity index (χ0v) is 13.3. The summed E-state index contributed by atoms with van der Waals surface area (Å²) < 4.78 is 36.5. The van der Waals surface area contributed by atoms with Gasteiger partial charge >= 0.3 is 0 Å². The van der Waals surface area contributed by atoms with Gasteiger partial charge in [-0.2, -0.15) is 0 Å². The molecule has 2 atom stereocenters. The lowest BCUT2D eigenvalue weighted by atomic mass is 9.90. The minimum Gasteiger partial charge on any atom is -0.459 e. The molecule has 1 aromatic heterocycles. The van der Waals surface area contributed by atoms with Crippen molar-refractivity contribution in [3.63, 3.8) is 0 Å². The molecular weight excluding hydrogens is 308 g/mol. The number of amides is 1. The molecule has 7 nitrogen and oxygen atoms in total. The van der Waals surface area contributed by atoms with Crippen molar-refractivity contribution in [2.24, 2.45) is 0 Å². The van der Waals surface area contributed by atoms with Crippen LogP contribution in [0.15, 0.2) is 22.8 Å². The Hall–Kier alpha value is -1.38. The van der Waals surface area contributed by atoms with Crippen LogP contribution in [-0.2, 0) is 14.8 Å². The summed E-state index contributed by atoms with van der Waals surface area (Å²) in [5, 5.41) is 0. The van der Waals surface area contributed by atoms with Gasteiger partial charge in [-0.15, -0.1) is 0 Å². The Morgan fingerprint density at radius 2 is 2.32 bits per heavy atom. The number of rotatable bonds is 3. The first-order valence-corrected chi connectivity index (χ1v) is 9.20. The van der Waals surface area contributed by atoms with Crippen LogP contribution in [0.5, 0.6) is 0 Å². The Labute approximate surface area is 129 Å². The Kier molecular flexibility index (Phi) is 4.00. The Morgan fingerprint density at radius 3 is 3.00 bits per heavy atom. The summed E-state index contributed by atoms with van der Waals surface area (Å²) in [6, 6.07) is 3.19. The van der Waals surface area contributed by atoms with Crippen molar-refractivity contribution in [3.05, 3.63) is 24.2 Å². The summed E-state index contributed by atoms with van der Waals surface area (Å²) >= 11 is 0. The maximum Gasteiger partial charge on any atom is 0.289 e. The summed E-state index contributed by atoms with van der Waals surface area (Å²) in [6.45, 7) is 1.55. The molecule has 2 saturated heterocycles. The van der Waals surface area contributed by atoms with Gasteiger partial charge in [0.05, 0.1) is 24.7 Å². The molecule has 1 aromatic rings. The highest BCUT2D eigenvalue weighted by atomic mass is 32.2. The van der Waals surface area contributed by atoms with Crippen molar-refractivity contribution in [2.45, 2.75) is 30.9 Å². The molecule has 122 valence electrons. The molecule has 0 aromatic carbocycles. The lowest BCUT2D eigenvalue weighted by Gasteiger charge is -2.38. The topological polar surface area (TPSA) is 88.9 Å². The van der Waals surface area contributed by atoms with E-state index in [9.17, 15) is 13.2 Å². The molecule has 1 amide bonds. The number of nitrogens with one attached hydrogen (secondary N) is 1. The van der Waals surface area contributed by atoms with Crippen LogP contribution in [0, 0.1) is 0 Å². The van der Waals surface area contributed by atoms with Gasteiger partial charge in [0.1, 0.15) is 0 Å². The number of sulfonamides is 1. The van der Waals surface area contributed by atoms with Crippen LogP contribution in [0.2, 0.25) is 0 Å². The first kappa shape index (κ1) is 15.5. The largest absolute Gasteiger partial charge is 0.459 e. The molecule has 3 rings (SSSR count). The third-order valence-electron chi connectivity index (χ3n) is 4.21. The molecule has 2 aliphatic rings. The number of likely N-dealkylation sites (tertiary alicyclic amines) is 1. The first-order chi connectivity index (χ1) is 10.4. The molecule has 2 fully saturated rings. The second-order valence-electron chi connectivity index (χ2n) is 6.07. The van der Waals surface area contributed by atoms with Crippen LogP contribution in [-0.4, -0.2) is 56.8 Å². The van der Waals surface area contributed by atoms with Crippen LogP contribution >= 0.6 is 0 Å². The highest BCUT2D eigenvalue weighted by Crippen LogP contribution is 2.35. The number of ether oxygens (including phenoxy) is 1. The Bertz CT molecular complexity index is 642. The molecule has 1 N–H and O–H groups in total. The Morgan fingerprint density at radius 1 is 1.50 bits per heavy atom. The van der Waals surface area contributed by atoms with E-state index in [2.05, 4.69) is 4.72 Å². The molecule has 1 spiro atoms. The molecule has 22 heavy (non-hydrogen) atoms. The van der Waals surface area contributed by atoms with E-state index in [0.29, 0.717) is 44.7 Å². The molecule has 2 aliphatic heterocycles. The van der Waals surface area contributed by atoms with Gasteiger partial charge in [0.25, 0.3) is 5.91 Å². The third-order valence-corrected chi connectivity index (χ3v) is 4.97. The number of furan rings is 1. The molecule has 0 unspecified atom stereocenters. The lowest BCUT2D eigenvalue weighted by Crippen LogP contribution is -2.50. The number of nitrogens with zero attached hydrogens (tertiary/aromatic N) is 1. The smallest absolute Gasteiger partial charge is 0.289 e. The molecule has 3 heterocycles. The number of hydrogen-bond donors (Lipinski definition) is 1. The molecule has 8 heteroatoms. The van der Waals surface area contributed by atoms with Crippen molar-refractivity contribution in [1.29, 1.82) is 0 Å². The maximum absolute atomic E-state index is 12.3. The fourth-order valence-electron chi connectivity index (χ4n) is 3.29. The van der Waals surface area contributed by atoms with E-state index in [4.69, 9.17) is 9.15 Å². The second kappa shape index (κ2) is 5.68. The van der Waals surface area contributed by atoms with Crippen LogP contribution in [0.3, 0.4) is 0 Å². The monoisotopic (exact) mass is 328 g/mol. The first-order valence-electron chi connectivity index (χ1n) is 7.31. The zero-order chi connectivity index (χ0) is 15.8. The number of carbonyl (C=O) groups is 1. The fourth-order valence-corrected chi connectivity index (χ4v) is 4.10. The molecule has 0 saturated carbocycles. The quantitative estimate of drug-likeness (QED) is 0.877. The average Bonchev–Trinajstić information content (AvgIpc) is 3.06. The van der Waals surface area contributed by atoms with Gasteiger partial charge in [-0.05, 0) is 31.4 Å². The minimum absolute atomic E-state index is 0.137. The standard InChI is InChI=1S/C14H20N2O5S/c1-22(18,19)15-11-4-8-21-14(9-11)5-6-16(10-14)13(17)12-3-2-7-20-12/h2-3,7,11,15H,4-6,8-10H2,1H3/t11-,14-/m0/s1. The molecular formula is C14H20N2O5S. The van der Waals surface area contributed by atoms with Crippen LogP contribution in [0.4, 0.5) is 0 Å². The van der Waals surface area contributed by atoms with E-state index in [1.165, 1.54) is 6.26 Å². The van der Waals surface area contributed by atoms with Gasteiger partial charge in [0.2, 0.25) is 10.0 Å². The number of carbonyl (C=O) groups excluding carboxylic acids is 1. The highest BCUT2D eigenvalue weighted by molar-refractivity contribution is 7.88.